The molecule has 0 amide bonds. The number of nitrogens with one attached hydrogen (secondary N) is 2. The van der Waals surface area contributed by atoms with Crippen molar-refractivity contribution in [3.05, 3.63) is 86.6 Å². The van der Waals surface area contributed by atoms with Crippen molar-refractivity contribution in [2.45, 2.75) is 33.4 Å². The van der Waals surface area contributed by atoms with Gasteiger partial charge in [-0.05, 0) is 31.5 Å². The number of H-pyrrole nitrogens is 2. The summed E-state index contributed by atoms with van der Waals surface area (Å²) in [5.74, 6) is 2.14. The molecule has 9 nitrogen and oxygen atoms in total. The second-order valence-electron chi connectivity index (χ2n) is 7.75. The van der Waals surface area contributed by atoms with Gasteiger partial charge in [0.1, 0.15) is 17.4 Å². The van der Waals surface area contributed by atoms with Crippen LogP contribution in [0.15, 0.2) is 58.1 Å². The fourth-order valence-electron chi connectivity index (χ4n) is 4.11. The van der Waals surface area contributed by atoms with E-state index in [1.807, 2.05) is 66.9 Å². The Morgan fingerprint density at radius 1 is 0.970 bits per heavy atom. The first-order valence-corrected chi connectivity index (χ1v) is 10.9. The predicted octanol–water partition coefficient (Wildman–Crippen LogP) is 2.82. The molecule has 0 aliphatic rings. The lowest BCUT2D eigenvalue weighted by molar-refractivity contribution is 0.340. The normalized spacial score (nSPS) is 11.5. The van der Waals surface area contributed by atoms with Gasteiger partial charge in [0.05, 0.1) is 24.1 Å². The van der Waals surface area contributed by atoms with Gasteiger partial charge in [-0.1, -0.05) is 30.3 Å². The molecule has 2 N–H and O–H groups in total. The number of imidazole rings is 2. The van der Waals surface area contributed by atoms with Gasteiger partial charge in [-0.2, -0.15) is 0 Å². The molecule has 0 saturated carbocycles. The van der Waals surface area contributed by atoms with Crippen molar-refractivity contribution in [2.75, 3.05) is 6.61 Å². The Labute approximate surface area is 188 Å². The summed E-state index contributed by atoms with van der Waals surface area (Å²) in [4.78, 5) is 40.4. The molecule has 9 heteroatoms. The number of ether oxygens (including phenoxy) is 1. The standard InChI is InChI=1S/C24H24N6O3/c1-3-29-22-21(23(31)28-24(29)32)30(14-15-8-6-5-7-9-15)20(27-22)13-19-25-17-11-10-16(33-4-2)12-18(17)26-19/h5-12H,3-4,13-14H2,1-2H3,(H,25,26)(H,28,31,32). The molecular formula is C24H24N6O3. The van der Waals surface area contributed by atoms with Crippen LogP contribution in [-0.4, -0.2) is 35.7 Å². The Morgan fingerprint density at radius 3 is 2.55 bits per heavy atom. The summed E-state index contributed by atoms with van der Waals surface area (Å²) in [5, 5.41) is 0. The van der Waals surface area contributed by atoms with Crippen LogP contribution < -0.4 is 16.0 Å². The largest absolute Gasteiger partial charge is 0.494 e. The van der Waals surface area contributed by atoms with Crippen LogP contribution in [0.2, 0.25) is 0 Å². The van der Waals surface area contributed by atoms with Gasteiger partial charge < -0.3 is 14.3 Å². The highest BCUT2D eigenvalue weighted by Crippen LogP contribution is 2.21. The lowest BCUT2D eigenvalue weighted by Crippen LogP contribution is -2.30. The molecule has 0 aliphatic carbocycles. The molecule has 0 aliphatic heterocycles. The average Bonchev–Trinajstić information content (AvgIpc) is 3.36. The van der Waals surface area contributed by atoms with Crippen LogP contribution in [0.5, 0.6) is 5.75 Å². The quantitative estimate of drug-likeness (QED) is 0.401. The van der Waals surface area contributed by atoms with Crippen LogP contribution in [0.3, 0.4) is 0 Å². The van der Waals surface area contributed by atoms with Crippen molar-refractivity contribution >= 4 is 22.2 Å². The molecule has 2 aromatic carbocycles. The molecule has 0 atom stereocenters. The van der Waals surface area contributed by atoms with Crippen LogP contribution in [0.1, 0.15) is 31.1 Å². The minimum absolute atomic E-state index is 0.373. The van der Waals surface area contributed by atoms with E-state index in [1.165, 1.54) is 4.57 Å². The summed E-state index contributed by atoms with van der Waals surface area (Å²) in [6, 6.07) is 15.6. The molecule has 3 aromatic heterocycles. The van der Waals surface area contributed by atoms with E-state index in [2.05, 4.69) is 9.97 Å². The first-order chi connectivity index (χ1) is 16.1. The van der Waals surface area contributed by atoms with Crippen LogP contribution in [0.25, 0.3) is 22.2 Å². The zero-order chi connectivity index (χ0) is 22.9. The van der Waals surface area contributed by atoms with Crippen molar-refractivity contribution in [1.82, 2.24) is 29.1 Å². The number of aryl methyl sites for hydroxylation is 1. The summed E-state index contributed by atoms with van der Waals surface area (Å²) in [6.45, 7) is 5.23. The first kappa shape index (κ1) is 20.7. The van der Waals surface area contributed by atoms with E-state index in [4.69, 9.17) is 14.7 Å². The predicted molar refractivity (Wildman–Crippen MR) is 126 cm³/mol. The first-order valence-electron chi connectivity index (χ1n) is 10.9. The molecule has 5 aromatic rings. The minimum Gasteiger partial charge on any atom is -0.494 e. The number of fused-ring (bicyclic) bond motifs is 2. The Hall–Kier alpha value is -4.14. The van der Waals surface area contributed by atoms with Crippen LogP contribution in [0, 0.1) is 0 Å². The lowest BCUT2D eigenvalue weighted by Gasteiger charge is -2.08. The maximum atomic E-state index is 12.8. The number of aromatic amines is 2. The van der Waals surface area contributed by atoms with Gasteiger partial charge in [0.25, 0.3) is 5.56 Å². The smallest absolute Gasteiger partial charge is 0.330 e. The van der Waals surface area contributed by atoms with Crippen LogP contribution in [-0.2, 0) is 19.5 Å². The molecule has 0 fully saturated rings. The summed E-state index contributed by atoms with van der Waals surface area (Å²) in [5.41, 5.74) is 2.57. The summed E-state index contributed by atoms with van der Waals surface area (Å²) in [6.07, 6.45) is 0.373. The monoisotopic (exact) mass is 444 g/mol. The number of hydrogen-bond acceptors (Lipinski definition) is 5. The van der Waals surface area contributed by atoms with Crippen molar-refractivity contribution in [1.29, 1.82) is 0 Å². The SMILES string of the molecule is CCOc1ccc2nc(Cc3nc4c(c(=O)[nH]c(=O)n4CC)n3Cc3ccccc3)[nH]c2c1. The number of nitrogens with zero attached hydrogens (tertiary/aromatic N) is 4. The third-order valence-electron chi connectivity index (χ3n) is 5.60. The van der Waals surface area contributed by atoms with E-state index in [0.29, 0.717) is 48.9 Å². The maximum absolute atomic E-state index is 12.8. The Morgan fingerprint density at radius 2 is 1.79 bits per heavy atom. The second kappa shape index (κ2) is 8.42. The van der Waals surface area contributed by atoms with Gasteiger partial charge in [-0.25, -0.2) is 14.8 Å². The number of rotatable bonds is 7. The van der Waals surface area contributed by atoms with Crippen molar-refractivity contribution in [3.8, 4) is 5.75 Å². The highest BCUT2D eigenvalue weighted by atomic mass is 16.5. The van der Waals surface area contributed by atoms with Gasteiger partial charge in [-0.15, -0.1) is 0 Å². The van der Waals surface area contributed by atoms with E-state index >= 15 is 0 Å². The topological polar surface area (TPSA) is 111 Å². The van der Waals surface area contributed by atoms with Gasteiger partial charge in [0.15, 0.2) is 11.2 Å². The number of hydrogen-bond donors (Lipinski definition) is 2. The van der Waals surface area contributed by atoms with E-state index in [1.54, 1.807) is 0 Å². The van der Waals surface area contributed by atoms with Gasteiger partial charge >= 0.3 is 5.69 Å². The van der Waals surface area contributed by atoms with Gasteiger partial charge in [-0.3, -0.25) is 14.3 Å². The number of aromatic nitrogens is 6. The second-order valence-corrected chi connectivity index (χ2v) is 7.75. The minimum atomic E-state index is -0.460. The molecular weight excluding hydrogens is 420 g/mol. The van der Waals surface area contributed by atoms with Gasteiger partial charge in [0.2, 0.25) is 0 Å². The molecule has 3 heterocycles. The Balaban J connectivity index is 1.64. The lowest BCUT2D eigenvalue weighted by atomic mass is 10.2. The molecule has 5 rings (SSSR count). The van der Waals surface area contributed by atoms with Crippen molar-refractivity contribution < 1.29 is 4.74 Å². The van der Waals surface area contributed by atoms with E-state index < -0.39 is 11.2 Å². The average molecular weight is 444 g/mol. The fourth-order valence-corrected chi connectivity index (χ4v) is 4.11. The summed E-state index contributed by atoms with van der Waals surface area (Å²) >= 11 is 0. The zero-order valence-electron chi connectivity index (χ0n) is 18.5. The molecule has 0 radical (unpaired) electrons. The van der Waals surface area contributed by atoms with E-state index in [-0.39, 0.29) is 0 Å². The number of benzene rings is 2. The molecule has 0 unspecified atom stereocenters. The van der Waals surface area contributed by atoms with E-state index in [9.17, 15) is 9.59 Å². The summed E-state index contributed by atoms with van der Waals surface area (Å²) < 4.78 is 8.93. The highest BCUT2D eigenvalue weighted by Gasteiger charge is 2.19. The van der Waals surface area contributed by atoms with Crippen LogP contribution >= 0.6 is 0 Å². The van der Waals surface area contributed by atoms with Crippen molar-refractivity contribution in [2.24, 2.45) is 0 Å². The maximum Gasteiger partial charge on any atom is 0.330 e. The molecule has 33 heavy (non-hydrogen) atoms. The third kappa shape index (κ3) is 3.82. The Kier molecular flexibility index (Phi) is 5.29. The zero-order valence-corrected chi connectivity index (χ0v) is 18.5. The van der Waals surface area contributed by atoms with Crippen molar-refractivity contribution in [3.63, 3.8) is 0 Å². The molecule has 0 saturated heterocycles. The Bertz CT molecular complexity index is 1560. The van der Waals surface area contributed by atoms with E-state index in [0.717, 1.165) is 22.3 Å². The van der Waals surface area contributed by atoms with Gasteiger partial charge in [0, 0.05) is 19.2 Å². The summed E-state index contributed by atoms with van der Waals surface area (Å²) in [7, 11) is 0. The molecule has 0 bridgehead atoms. The fraction of sp³-hybridized carbons (Fsp3) is 0.250. The molecule has 0 spiro atoms. The van der Waals surface area contributed by atoms with Crippen LogP contribution in [0.4, 0.5) is 0 Å². The third-order valence-corrected chi connectivity index (χ3v) is 5.60. The highest BCUT2D eigenvalue weighted by molar-refractivity contribution is 5.77. The molecule has 168 valence electrons.